The number of fused-ring (bicyclic) bond motifs is 3. The number of aromatic amines is 2. The van der Waals surface area contributed by atoms with E-state index >= 15 is 0 Å². The lowest BCUT2D eigenvalue weighted by atomic mass is 9.83. The first-order chi connectivity index (χ1) is 19.9. The number of imidazole rings is 1. The molecular formula is C30H38N6O5. The Morgan fingerprint density at radius 1 is 1.22 bits per heavy atom. The van der Waals surface area contributed by atoms with Gasteiger partial charge in [-0.05, 0) is 25.3 Å². The topological polar surface area (TPSA) is 144 Å². The highest BCUT2D eigenvalue weighted by Crippen LogP contribution is 2.33. The maximum Gasteiger partial charge on any atom is 0.410 e. The zero-order valence-corrected chi connectivity index (χ0v) is 23.3. The van der Waals surface area contributed by atoms with E-state index < -0.39 is 30.4 Å². The Kier molecular flexibility index (Phi) is 7.70. The van der Waals surface area contributed by atoms with Crippen molar-refractivity contribution in [3.8, 4) is 0 Å². The van der Waals surface area contributed by atoms with Crippen LogP contribution in [-0.4, -0.2) is 85.1 Å². The lowest BCUT2D eigenvalue weighted by Crippen LogP contribution is -2.56. The minimum Gasteiger partial charge on any atom is -0.441 e. The molecule has 0 bridgehead atoms. The summed E-state index contributed by atoms with van der Waals surface area (Å²) in [7, 11) is 0. The smallest absolute Gasteiger partial charge is 0.410 e. The van der Waals surface area contributed by atoms with Gasteiger partial charge in [-0.3, -0.25) is 9.59 Å². The van der Waals surface area contributed by atoms with Crippen LogP contribution in [0, 0.1) is 5.92 Å². The van der Waals surface area contributed by atoms with Gasteiger partial charge < -0.3 is 34.9 Å². The first-order valence-electron chi connectivity index (χ1n) is 14.7. The second-order valence-corrected chi connectivity index (χ2v) is 11.6. The highest BCUT2D eigenvalue weighted by molar-refractivity contribution is 6.05. The molecule has 3 aliphatic rings. The van der Waals surface area contributed by atoms with Gasteiger partial charge in [-0.1, -0.05) is 50.3 Å². The molecular weight excluding hydrogens is 524 g/mol. The van der Waals surface area contributed by atoms with E-state index in [2.05, 4.69) is 20.3 Å². The molecule has 3 amide bonds. The molecule has 1 saturated heterocycles. The van der Waals surface area contributed by atoms with Crippen LogP contribution in [0.4, 0.5) is 4.79 Å². The van der Waals surface area contributed by atoms with Crippen LogP contribution in [0.25, 0.3) is 10.9 Å². The number of hydrogen-bond acceptors (Lipinski definition) is 6. The lowest BCUT2D eigenvalue weighted by molar-refractivity contribution is -0.128. The van der Waals surface area contributed by atoms with Crippen molar-refractivity contribution >= 4 is 28.8 Å². The number of benzene rings is 1. The molecule has 1 aliphatic carbocycles. The molecule has 218 valence electrons. The summed E-state index contributed by atoms with van der Waals surface area (Å²) >= 11 is 0. The van der Waals surface area contributed by atoms with Gasteiger partial charge in [0, 0.05) is 47.9 Å². The van der Waals surface area contributed by atoms with Gasteiger partial charge in [-0.25, -0.2) is 9.78 Å². The number of nitrogens with one attached hydrogen (secondary N) is 3. The summed E-state index contributed by atoms with van der Waals surface area (Å²) in [6.45, 7) is 2.92. The van der Waals surface area contributed by atoms with Crippen molar-refractivity contribution < 1.29 is 24.2 Å². The van der Waals surface area contributed by atoms with Crippen LogP contribution in [0.15, 0.2) is 36.8 Å². The normalized spacial score (nSPS) is 21.7. The number of rotatable bonds is 10. The van der Waals surface area contributed by atoms with E-state index in [0.717, 1.165) is 47.8 Å². The van der Waals surface area contributed by atoms with E-state index in [1.807, 2.05) is 31.2 Å². The molecule has 1 unspecified atom stereocenters. The van der Waals surface area contributed by atoms with Gasteiger partial charge in [-0.15, -0.1) is 0 Å². The number of carbonyl (C=O) groups is 3. The molecule has 1 saturated carbocycles. The van der Waals surface area contributed by atoms with Gasteiger partial charge in [0.15, 0.2) is 0 Å². The van der Waals surface area contributed by atoms with Gasteiger partial charge in [0.1, 0.15) is 23.9 Å². The number of carbonyl (C=O) groups excluding carboxylic acids is 3. The van der Waals surface area contributed by atoms with Crippen molar-refractivity contribution in [2.45, 2.75) is 82.7 Å². The van der Waals surface area contributed by atoms with Crippen LogP contribution in [-0.2, 0) is 22.5 Å². The standard InChI is InChI=1S/C30H38N6O5/c1-2-35-16-25(41-30(35)40)27(37)23(12-18-8-4-3-5-9-18)34-28(38)24(13-19-14-31-17-32-19)36-15-21-20-10-6-7-11-22(20)33-26(21)29(36)39/h6-7,10-11,14,17-18,23-25,27,33,37H,2-5,8-9,12-13,15-16H2,1H3,(H,31,32)(H,34,38)/t23-,24-,25?,27+/m0/s1. The molecule has 1 aromatic carbocycles. The molecule has 0 spiro atoms. The number of hydrogen-bond donors (Lipinski definition) is 4. The lowest BCUT2D eigenvalue weighted by Gasteiger charge is -2.34. The average molecular weight is 563 g/mol. The molecule has 11 nitrogen and oxygen atoms in total. The monoisotopic (exact) mass is 562 g/mol. The predicted molar refractivity (Wildman–Crippen MR) is 151 cm³/mol. The van der Waals surface area contributed by atoms with Gasteiger partial charge in [0.25, 0.3) is 5.91 Å². The fourth-order valence-electron chi connectivity index (χ4n) is 6.71. The van der Waals surface area contributed by atoms with Crippen LogP contribution in [0.2, 0.25) is 0 Å². The summed E-state index contributed by atoms with van der Waals surface area (Å²) < 4.78 is 5.52. The van der Waals surface area contributed by atoms with E-state index in [9.17, 15) is 19.5 Å². The van der Waals surface area contributed by atoms with Crippen molar-refractivity contribution in [1.29, 1.82) is 0 Å². The molecule has 6 rings (SSSR count). The highest BCUT2D eigenvalue weighted by atomic mass is 16.6. The van der Waals surface area contributed by atoms with E-state index in [0.29, 0.717) is 31.1 Å². The highest BCUT2D eigenvalue weighted by Gasteiger charge is 2.43. The summed E-state index contributed by atoms with van der Waals surface area (Å²) in [4.78, 5) is 53.6. The van der Waals surface area contributed by atoms with E-state index in [4.69, 9.17) is 4.74 Å². The Labute approximate surface area is 238 Å². The van der Waals surface area contributed by atoms with Gasteiger partial charge in [-0.2, -0.15) is 0 Å². The van der Waals surface area contributed by atoms with Crippen LogP contribution in [0.3, 0.4) is 0 Å². The Balaban J connectivity index is 1.26. The van der Waals surface area contributed by atoms with Crippen LogP contribution < -0.4 is 5.32 Å². The van der Waals surface area contributed by atoms with Crippen molar-refractivity contribution in [1.82, 2.24) is 30.1 Å². The van der Waals surface area contributed by atoms with Crippen molar-refractivity contribution in [3.05, 3.63) is 53.7 Å². The third-order valence-electron chi connectivity index (χ3n) is 8.99. The molecule has 11 heteroatoms. The number of cyclic esters (lactones) is 1. The predicted octanol–water partition coefficient (Wildman–Crippen LogP) is 3.11. The Morgan fingerprint density at radius 2 is 2.02 bits per heavy atom. The first kappa shape index (κ1) is 27.3. The fourth-order valence-corrected chi connectivity index (χ4v) is 6.71. The van der Waals surface area contributed by atoms with E-state index in [-0.39, 0.29) is 24.8 Å². The van der Waals surface area contributed by atoms with Crippen molar-refractivity contribution in [3.63, 3.8) is 0 Å². The summed E-state index contributed by atoms with van der Waals surface area (Å²) in [6.07, 6.45) is 7.30. The molecule has 0 radical (unpaired) electrons. The zero-order valence-electron chi connectivity index (χ0n) is 23.3. The number of aliphatic hydroxyl groups excluding tert-OH is 1. The largest absolute Gasteiger partial charge is 0.441 e. The molecule has 41 heavy (non-hydrogen) atoms. The number of amides is 3. The number of ether oxygens (including phenoxy) is 1. The molecule has 4 N–H and O–H groups in total. The van der Waals surface area contributed by atoms with Crippen molar-refractivity contribution in [2.24, 2.45) is 5.92 Å². The van der Waals surface area contributed by atoms with E-state index in [1.165, 1.54) is 6.42 Å². The third-order valence-corrected chi connectivity index (χ3v) is 8.99. The summed E-state index contributed by atoms with van der Waals surface area (Å²) in [5, 5.41) is 15.6. The summed E-state index contributed by atoms with van der Waals surface area (Å²) in [5.74, 6) is -0.226. The van der Waals surface area contributed by atoms with E-state index in [1.54, 1.807) is 22.3 Å². The molecule has 3 aromatic rings. The van der Waals surface area contributed by atoms with Gasteiger partial charge >= 0.3 is 6.09 Å². The number of nitrogens with zero attached hydrogens (tertiary/aromatic N) is 3. The maximum absolute atomic E-state index is 14.1. The molecule has 2 aliphatic heterocycles. The number of H-pyrrole nitrogens is 2. The minimum atomic E-state index is -1.07. The Morgan fingerprint density at radius 3 is 2.76 bits per heavy atom. The minimum absolute atomic E-state index is 0.233. The average Bonchev–Trinajstić information content (AvgIpc) is 3.77. The zero-order chi connectivity index (χ0) is 28.5. The molecule has 2 fully saturated rings. The summed E-state index contributed by atoms with van der Waals surface area (Å²) in [5.41, 5.74) is 3.00. The third kappa shape index (κ3) is 5.42. The number of likely N-dealkylation sites (N-methyl/N-ethyl adjacent to an activating group) is 1. The maximum atomic E-state index is 14.1. The first-order valence-corrected chi connectivity index (χ1v) is 14.7. The van der Waals surface area contributed by atoms with Crippen LogP contribution in [0.5, 0.6) is 0 Å². The van der Waals surface area contributed by atoms with Gasteiger partial charge in [0.2, 0.25) is 5.91 Å². The van der Waals surface area contributed by atoms with Crippen molar-refractivity contribution in [2.75, 3.05) is 13.1 Å². The fraction of sp³-hybridized carbons (Fsp3) is 0.533. The quantitative estimate of drug-likeness (QED) is 0.299. The number of para-hydroxylation sites is 1. The van der Waals surface area contributed by atoms with Crippen LogP contribution >= 0.6 is 0 Å². The van der Waals surface area contributed by atoms with Gasteiger partial charge in [0.05, 0.1) is 18.9 Å². The SMILES string of the molecule is CCN1CC([C@H](O)[C@H](CC2CCCCC2)NC(=O)[C@H](Cc2cnc[nH]2)N2Cc3c([nH]c4ccccc34)C2=O)OC1=O. The Hall–Kier alpha value is -3.86. The molecule has 4 atom stereocenters. The second-order valence-electron chi connectivity index (χ2n) is 11.6. The second kappa shape index (κ2) is 11.6. The number of aliphatic hydroxyl groups is 1. The molecule has 4 heterocycles. The summed E-state index contributed by atoms with van der Waals surface area (Å²) in [6, 6.07) is 6.31. The number of aromatic nitrogens is 3. The Bertz CT molecular complexity index is 1400. The van der Waals surface area contributed by atoms with Crippen LogP contribution in [0.1, 0.15) is 67.2 Å². The molecule has 2 aromatic heterocycles.